The number of aromatic nitrogens is 2. The van der Waals surface area contributed by atoms with Crippen molar-refractivity contribution in [2.24, 2.45) is 0 Å². The number of carbonyl (C=O) groups excluding carboxylic acids is 2. The Kier molecular flexibility index (Phi) is 6.30. The number of rotatable bonds is 7. The zero-order chi connectivity index (χ0) is 21.7. The Hall–Kier alpha value is -3.48. The van der Waals surface area contributed by atoms with Crippen molar-refractivity contribution in [3.05, 3.63) is 83.9 Å². The Bertz CT molecular complexity index is 1000. The number of anilines is 1. The average Bonchev–Trinajstić information content (AvgIpc) is 3.27. The first-order valence-electron chi connectivity index (χ1n) is 9.78. The van der Waals surface area contributed by atoms with Crippen LogP contribution in [-0.4, -0.2) is 27.6 Å². The van der Waals surface area contributed by atoms with E-state index in [4.69, 9.17) is 0 Å². The summed E-state index contributed by atoms with van der Waals surface area (Å²) in [6.45, 7) is 5.71. The maximum atomic E-state index is 14.9. The molecular formula is C23H25FN4O2. The maximum Gasteiger partial charge on any atom is 0.277 e. The van der Waals surface area contributed by atoms with Crippen molar-refractivity contribution < 1.29 is 14.0 Å². The lowest BCUT2D eigenvalue weighted by atomic mass is 9.97. The molecule has 3 aromatic rings. The lowest BCUT2D eigenvalue weighted by molar-refractivity contribution is -0.124. The van der Waals surface area contributed by atoms with Gasteiger partial charge in [0, 0.05) is 23.0 Å². The van der Waals surface area contributed by atoms with Crippen molar-refractivity contribution in [2.75, 3.05) is 4.90 Å². The summed E-state index contributed by atoms with van der Waals surface area (Å²) >= 11 is 0. The second-order valence-corrected chi connectivity index (χ2v) is 7.63. The first-order chi connectivity index (χ1) is 14.3. The number of para-hydroxylation sites is 1. The zero-order valence-corrected chi connectivity index (χ0v) is 17.2. The average molecular weight is 408 g/mol. The first kappa shape index (κ1) is 21.2. The number of hydrogen-bond acceptors (Lipinski definition) is 3. The van der Waals surface area contributed by atoms with E-state index < -0.39 is 29.2 Å². The van der Waals surface area contributed by atoms with E-state index >= 15 is 0 Å². The summed E-state index contributed by atoms with van der Waals surface area (Å²) < 4.78 is 14.9. The molecule has 1 heterocycles. The third kappa shape index (κ3) is 4.56. The topological polar surface area (TPSA) is 78.1 Å². The SMILES string of the molecule is CCC(C)(C)NC(=O)[C@H](c1ccccc1F)N(C(=O)c1ccn[nH]1)c1ccccc1. The molecule has 7 heteroatoms. The van der Waals surface area contributed by atoms with Crippen LogP contribution in [0.15, 0.2) is 66.9 Å². The van der Waals surface area contributed by atoms with Gasteiger partial charge in [0.15, 0.2) is 0 Å². The largest absolute Gasteiger partial charge is 0.349 e. The van der Waals surface area contributed by atoms with Gasteiger partial charge in [-0.15, -0.1) is 0 Å². The number of H-pyrrole nitrogens is 1. The van der Waals surface area contributed by atoms with Crippen molar-refractivity contribution in [3.8, 4) is 0 Å². The summed E-state index contributed by atoms with van der Waals surface area (Å²) in [5, 5.41) is 9.44. The highest BCUT2D eigenvalue weighted by Gasteiger charge is 2.37. The van der Waals surface area contributed by atoms with Gasteiger partial charge in [0.05, 0.1) is 0 Å². The highest BCUT2D eigenvalue weighted by Crippen LogP contribution is 2.31. The van der Waals surface area contributed by atoms with Crippen molar-refractivity contribution in [1.29, 1.82) is 0 Å². The van der Waals surface area contributed by atoms with Crippen LogP contribution in [-0.2, 0) is 4.79 Å². The van der Waals surface area contributed by atoms with Crippen LogP contribution in [0.2, 0.25) is 0 Å². The molecule has 2 amide bonds. The fraction of sp³-hybridized carbons (Fsp3) is 0.261. The molecule has 156 valence electrons. The van der Waals surface area contributed by atoms with Crippen LogP contribution in [0.3, 0.4) is 0 Å². The first-order valence-corrected chi connectivity index (χ1v) is 9.78. The lowest BCUT2D eigenvalue weighted by Gasteiger charge is -2.34. The number of carbonyl (C=O) groups is 2. The summed E-state index contributed by atoms with van der Waals surface area (Å²) in [5.41, 5.74) is 0.246. The van der Waals surface area contributed by atoms with Crippen LogP contribution >= 0.6 is 0 Å². The van der Waals surface area contributed by atoms with E-state index in [1.807, 2.05) is 20.8 Å². The Morgan fingerprint density at radius 2 is 1.77 bits per heavy atom. The molecule has 0 radical (unpaired) electrons. The number of halogens is 1. The van der Waals surface area contributed by atoms with Crippen molar-refractivity contribution in [3.63, 3.8) is 0 Å². The number of amides is 2. The van der Waals surface area contributed by atoms with Gasteiger partial charge in [-0.25, -0.2) is 4.39 Å². The summed E-state index contributed by atoms with van der Waals surface area (Å²) in [7, 11) is 0. The van der Waals surface area contributed by atoms with Crippen LogP contribution in [0.4, 0.5) is 10.1 Å². The second-order valence-electron chi connectivity index (χ2n) is 7.63. The van der Waals surface area contributed by atoms with Gasteiger partial charge >= 0.3 is 0 Å². The minimum absolute atomic E-state index is 0.110. The van der Waals surface area contributed by atoms with Gasteiger partial charge in [0.25, 0.3) is 5.91 Å². The summed E-state index contributed by atoms with van der Waals surface area (Å²) in [5.74, 6) is -1.52. The Morgan fingerprint density at radius 1 is 1.10 bits per heavy atom. The maximum absolute atomic E-state index is 14.9. The van der Waals surface area contributed by atoms with Gasteiger partial charge in [0.1, 0.15) is 17.6 Å². The molecule has 0 fully saturated rings. The van der Waals surface area contributed by atoms with Crippen molar-refractivity contribution in [1.82, 2.24) is 15.5 Å². The highest BCUT2D eigenvalue weighted by atomic mass is 19.1. The van der Waals surface area contributed by atoms with Crippen LogP contribution in [0, 0.1) is 5.82 Å². The molecule has 6 nitrogen and oxygen atoms in total. The van der Waals surface area contributed by atoms with Crippen LogP contribution in [0.5, 0.6) is 0 Å². The molecule has 2 N–H and O–H groups in total. The van der Waals surface area contributed by atoms with E-state index in [1.165, 1.54) is 29.3 Å². The van der Waals surface area contributed by atoms with E-state index in [0.717, 1.165) is 0 Å². The number of nitrogens with zero attached hydrogens (tertiary/aromatic N) is 2. The van der Waals surface area contributed by atoms with Gasteiger partial charge in [-0.1, -0.05) is 43.3 Å². The van der Waals surface area contributed by atoms with E-state index in [-0.39, 0.29) is 11.3 Å². The third-order valence-electron chi connectivity index (χ3n) is 5.04. The van der Waals surface area contributed by atoms with Crippen molar-refractivity contribution >= 4 is 17.5 Å². The Morgan fingerprint density at radius 3 is 2.37 bits per heavy atom. The molecular weight excluding hydrogens is 383 g/mol. The third-order valence-corrected chi connectivity index (χ3v) is 5.04. The van der Waals surface area contributed by atoms with Crippen LogP contribution < -0.4 is 10.2 Å². The fourth-order valence-electron chi connectivity index (χ4n) is 3.06. The fourth-order valence-corrected chi connectivity index (χ4v) is 3.06. The molecule has 0 aliphatic heterocycles. The standard InChI is InChI=1S/C23H25FN4O2/c1-4-23(2,3)26-21(29)20(17-12-8-9-13-18(17)24)28(16-10-6-5-7-11-16)22(30)19-14-15-25-27-19/h5-15,20H,4H2,1-3H3,(H,25,27)(H,26,29)/t20-/m0/s1. The molecule has 3 rings (SSSR count). The summed E-state index contributed by atoms with van der Waals surface area (Å²) in [6.07, 6.45) is 2.12. The van der Waals surface area contributed by atoms with Crippen LogP contribution in [0.1, 0.15) is 49.3 Å². The number of nitrogens with one attached hydrogen (secondary N) is 2. The van der Waals surface area contributed by atoms with E-state index in [0.29, 0.717) is 12.1 Å². The Labute approximate surface area is 175 Å². The normalized spacial score (nSPS) is 12.3. The predicted molar refractivity (Wildman–Crippen MR) is 113 cm³/mol. The molecule has 30 heavy (non-hydrogen) atoms. The Balaban J connectivity index is 2.17. The zero-order valence-electron chi connectivity index (χ0n) is 17.2. The summed E-state index contributed by atoms with van der Waals surface area (Å²) in [6, 6.07) is 15.0. The minimum atomic E-state index is -1.21. The molecule has 0 unspecified atom stereocenters. The quantitative estimate of drug-likeness (QED) is 0.614. The van der Waals surface area contributed by atoms with E-state index in [9.17, 15) is 14.0 Å². The van der Waals surface area contributed by atoms with Crippen LogP contribution in [0.25, 0.3) is 0 Å². The molecule has 0 saturated carbocycles. The predicted octanol–water partition coefficient (Wildman–Crippen LogP) is 4.24. The molecule has 0 aliphatic rings. The lowest BCUT2D eigenvalue weighted by Crippen LogP contribution is -2.50. The van der Waals surface area contributed by atoms with Gasteiger partial charge < -0.3 is 5.32 Å². The van der Waals surface area contributed by atoms with E-state index in [2.05, 4.69) is 15.5 Å². The van der Waals surface area contributed by atoms with Gasteiger partial charge in [-0.2, -0.15) is 5.10 Å². The van der Waals surface area contributed by atoms with Gasteiger partial charge in [-0.3, -0.25) is 19.6 Å². The molecule has 0 saturated heterocycles. The van der Waals surface area contributed by atoms with Gasteiger partial charge in [-0.05, 0) is 44.5 Å². The number of hydrogen-bond donors (Lipinski definition) is 2. The smallest absolute Gasteiger partial charge is 0.277 e. The van der Waals surface area contributed by atoms with Gasteiger partial charge in [0.2, 0.25) is 5.91 Å². The van der Waals surface area contributed by atoms with E-state index in [1.54, 1.807) is 42.5 Å². The molecule has 2 aromatic carbocycles. The highest BCUT2D eigenvalue weighted by molar-refractivity contribution is 6.09. The van der Waals surface area contributed by atoms with Crippen molar-refractivity contribution in [2.45, 2.75) is 38.8 Å². The molecule has 0 bridgehead atoms. The molecule has 1 atom stereocenters. The molecule has 1 aromatic heterocycles. The number of benzene rings is 2. The molecule has 0 aliphatic carbocycles. The number of aromatic amines is 1. The summed E-state index contributed by atoms with van der Waals surface area (Å²) in [4.78, 5) is 28.2. The minimum Gasteiger partial charge on any atom is -0.349 e. The molecule has 0 spiro atoms. The second kappa shape index (κ2) is 8.90. The monoisotopic (exact) mass is 408 g/mol.